The molecule has 1 saturated heterocycles. The molecule has 1 heterocycles. The molecule has 1 aromatic rings. The number of carbonyl (C=O) groups is 1. The van der Waals surface area contributed by atoms with Gasteiger partial charge in [0.2, 0.25) is 0 Å². The quantitative estimate of drug-likeness (QED) is 0.630. The van der Waals surface area contributed by atoms with Crippen molar-refractivity contribution in [2.45, 2.75) is 13.3 Å². The number of methoxy groups -OCH3 is 1. The number of aromatic hydroxyl groups is 1. The largest absolute Gasteiger partial charge is 0.504 e. The van der Waals surface area contributed by atoms with Crippen LogP contribution >= 0.6 is 28.1 Å². The molecule has 0 saturated carbocycles. The van der Waals surface area contributed by atoms with Crippen molar-refractivity contribution in [3.05, 3.63) is 27.9 Å². The van der Waals surface area contributed by atoms with Gasteiger partial charge in [-0.15, -0.1) is 0 Å². The van der Waals surface area contributed by atoms with Crippen LogP contribution in [-0.4, -0.2) is 34.7 Å². The van der Waals surface area contributed by atoms with Gasteiger partial charge in [-0.05, 0) is 42.4 Å². The molecule has 1 fully saturated rings. The Bertz CT molecular complexity index is 631. The number of thiocarbonyl (C=S) groups is 1. The summed E-state index contributed by atoms with van der Waals surface area (Å²) in [5.41, 5.74) is 1.11. The van der Waals surface area contributed by atoms with Crippen LogP contribution in [0.15, 0.2) is 22.3 Å². The molecule has 0 aliphatic carbocycles. The molecule has 112 valence electrons. The van der Waals surface area contributed by atoms with Gasteiger partial charge < -0.3 is 15.2 Å². The van der Waals surface area contributed by atoms with E-state index in [-0.39, 0.29) is 11.7 Å². The van der Waals surface area contributed by atoms with Crippen molar-refractivity contribution in [3.63, 3.8) is 0 Å². The van der Waals surface area contributed by atoms with Gasteiger partial charge in [0, 0.05) is 11.0 Å². The van der Waals surface area contributed by atoms with E-state index in [9.17, 15) is 9.90 Å². The van der Waals surface area contributed by atoms with Crippen molar-refractivity contribution in [2.75, 3.05) is 13.7 Å². The smallest absolute Gasteiger partial charge is 0.276 e. The first-order valence-electron chi connectivity index (χ1n) is 6.39. The molecule has 1 aliphatic heterocycles. The molecule has 0 radical (unpaired) electrons. The van der Waals surface area contributed by atoms with Crippen LogP contribution in [0, 0.1) is 0 Å². The maximum Gasteiger partial charge on any atom is 0.276 e. The topological polar surface area (TPSA) is 61.8 Å². The first-order valence-corrected chi connectivity index (χ1v) is 7.59. The summed E-state index contributed by atoms with van der Waals surface area (Å²) in [5.74, 6) is 0.213. The van der Waals surface area contributed by atoms with Gasteiger partial charge in [0.15, 0.2) is 16.6 Å². The Morgan fingerprint density at radius 1 is 1.52 bits per heavy atom. The average molecular weight is 371 g/mol. The Morgan fingerprint density at radius 3 is 2.86 bits per heavy atom. The fraction of sp³-hybridized carbons (Fsp3) is 0.286. The molecule has 7 heteroatoms. The summed E-state index contributed by atoms with van der Waals surface area (Å²) in [7, 11) is 1.47. The van der Waals surface area contributed by atoms with Gasteiger partial charge in [0.05, 0.1) is 7.11 Å². The number of benzene rings is 1. The minimum absolute atomic E-state index is 0.0281. The zero-order valence-electron chi connectivity index (χ0n) is 11.6. The van der Waals surface area contributed by atoms with Gasteiger partial charge in [-0.25, -0.2) is 0 Å². The predicted molar refractivity (Wildman–Crippen MR) is 88.1 cm³/mol. The lowest BCUT2D eigenvalue weighted by molar-refractivity contribution is -0.122. The Kier molecular flexibility index (Phi) is 4.84. The second-order valence-corrected chi connectivity index (χ2v) is 5.73. The van der Waals surface area contributed by atoms with Crippen LogP contribution in [0.25, 0.3) is 6.08 Å². The van der Waals surface area contributed by atoms with Crippen LogP contribution in [0.1, 0.15) is 18.9 Å². The molecule has 0 bridgehead atoms. The maximum atomic E-state index is 12.3. The van der Waals surface area contributed by atoms with Crippen LogP contribution in [0.3, 0.4) is 0 Å². The van der Waals surface area contributed by atoms with Crippen molar-refractivity contribution in [1.29, 1.82) is 0 Å². The summed E-state index contributed by atoms with van der Waals surface area (Å²) in [4.78, 5) is 13.8. The molecule has 2 N–H and O–H groups in total. The number of hydrogen-bond acceptors (Lipinski definition) is 4. The van der Waals surface area contributed by atoms with Crippen molar-refractivity contribution in [1.82, 2.24) is 10.2 Å². The number of halogens is 1. The van der Waals surface area contributed by atoms with E-state index in [1.807, 2.05) is 6.92 Å². The van der Waals surface area contributed by atoms with E-state index in [1.165, 1.54) is 18.1 Å². The standard InChI is InChI=1S/C14H15BrN2O3S/c1-3-4-17-13(19)10(16-14(17)21)5-8-6-12(20-2)11(18)7-9(8)15/h5-7,18H,3-4H2,1-2H3,(H,16,21)/b10-5-. The lowest BCUT2D eigenvalue weighted by Gasteiger charge is -2.11. The zero-order valence-corrected chi connectivity index (χ0v) is 14.0. The third-order valence-electron chi connectivity index (χ3n) is 3.01. The lowest BCUT2D eigenvalue weighted by atomic mass is 10.1. The summed E-state index contributed by atoms with van der Waals surface area (Å²) in [5, 5.41) is 13.0. The second kappa shape index (κ2) is 6.44. The van der Waals surface area contributed by atoms with Crippen molar-refractivity contribution < 1.29 is 14.6 Å². The molecule has 0 unspecified atom stereocenters. The van der Waals surface area contributed by atoms with E-state index in [4.69, 9.17) is 17.0 Å². The van der Waals surface area contributed by atoms with Gasteiger partial charge in [0.25, 0.3) is 5.91 Å². The molecule has 21 heavy (non-hydrogen) atoms. The summed E-state index contributed by atoms with van der Waals surface area (Å²) < 4.78 is 5.73. The average Bonchev–Trinajstić information content (AvgIpc) is 2.70. The molecular formula is C14H15BrN2O3S. The van der Waals surface area contributed by atoms with E-state index < -0.39 is 0 Å². The first kappa shape index (κ1) is 15.8. The van der Waals surface area contributed by atoms with Crippen LogP contribution in [0.4, 0.5) is 0 Å². The second-order valence-electron chi connectivity index (χ2n) is 4.49. The lowest BCUT2D eigenvalue weighted by Crippen LogP contribution is -2.31. The van der Waals surface area contributed by atoms with Crippen molar-refractivity contribution >= 4 is 45.2 Å². The van der Waals surface area contributed by atoms with E-state index in [2.05, 4.69) is 21.2 Å². The first-order chi connectivity index (χ1) is 9.97. The van der Waals surface area contributed by atoms with Crippen molar-refractivity contribution in [3.8, 4) is 11.5 Å². The molecule has 5 nitrogen and oxygen atoms in total. The summed E-state index contributed by atoms with van der Waals surface area (Å²) in [6.45, 7) is 2.57. The normalized spacial score (nSPS) is 16.5. The fourth-order valence-electron chi connectivity index (χ4n) is 1.99. The Hall–Kier alpha value is -1.60. The predicted octanol–water partition coefficient (Wildman–Crippen LogP) is 2.63. The number of hydrogen-bond donors (Lipinski definition) is 2. The highest BCUT2D eigenvalue weighted by molar-refractivity contribution is 9.10. The maximum absolute atomic E-state index is 12.3. The van der Waals surface area contributed by atoms with Gasteiger partial charge in [-0.3, -0.25) is 9.69 Å². The third kappa shape index (κ3) is 3.19. The van der Waals surface area contributed by atoms with Gasteiger partial charge >= 0.3 is 0 Å². The number of rotatable bonds is 4. The summed E-state index contributed by atoms with van der Waals surface area (Å²) in [6.07, 6.45) is 2.51. The zero-order chi connectivity index (χ0) is 15.6. The SMILES string of the molecule is CCCN1C(=O)/C(=C/c2cc(OC)c(O)cc2Br)NC1=S. The number of nitrogens with zero attached hydrogens (tertiary/aromatic N) is 1. The van der Waals surface area contributed by atoms with Crippen LogP contribution < -0.4 is 10.1 Å². The Labute approximate surface area is 136 Å². The van der Waals surface area contributed by atoms with E-state index in [1.54, 1.807) is 12.1 Å². The highest BCUT2D eigenvalue weighted by atomic mass is 79.9. The molecule has 2 rings (SSSR count). The molecule has 1 aromatic carbocycles. The highest BCUT2D eigenvalue weighted by Gasteiger charge is 2.29. The van der Waals surface area contributed by atoms with Crippen LogP contribution in [-0.2, 0) is 4.79 Å². The minimum atomic E-state index is -0.152. The minimum Gasteiger partial charge on any atom is -0.504 e. The monoisotopic (exact) mass is 370 g/mol. The number of carbonyl (C=O) groups excluding carboxylic acids is 1. The third-order valence-corrected chi connectivity index (χ3v) is 4.02. The van der Waals surface area contributed by atoms with Crippen molar-refractivity contribution in [2.24, 2.45) is 0 Å². The van der Waals surface area contributed by atoms with Gasteiger partial charge in [-0.2, -0.15) is 0 Å². The highest BCUT2D eigenvalue weighted by Crippen LogP contribution is 2.33. The number of nitrogens with one attached hydrogen (secondary N) is 1. The molecular weight excluding hydrogens is 356 g/mol. The van der Waals surface area contributed by atoms with Gasteiger partial charge in [-0.1, -0.05) is 22.9 Å². The molecule has 1 amide bonds. The number of ether oxygens (including phenoxy) is 1. The molecule has 0 aromatic heterocycles. The Morgan fingerprint density at radius 2 is 2.24 bits per heavy atom. The summed E-state index contributed by atoms with van der Waals surface area (Å²) >= 11 is 8.51. The number of phenolic OH excluding ortho intramolecular Hbond substituents is 1. The molecule has 0 atom stereocenters. The number of phenols is 1. The Balaban J connectivity index is 2.37. The van der Waals surface area contributed by atoms with Gasteiger partial charge in [0.1, 0.15) is 5.70 Å². The van der Waals surface area contributed by atoms with E-state index in [0.29, 0.717) is 33.1 Å². The van der Waals surface area contributed by atoms with E-state index in [0.717, 1.165) is 6.42 Å². The number of amides is 1. The molecule has 0 spiro atoms. The van der Waals surface area contributed by atoms with E-state index >= 15 is 0 Å². The van der Waals surface area contributed by atoms with Crippen LogP contribution in [0.2, 0.25) is 0 Å². The molecule has 1 aliphatic rings. The fourth-order valence-corrected chi connectivity index (χ4v) is 2.72. The summed E-state index contributed by atoms with van der Waals surface area (Å²) in [6, 6.07) is 3.17. The van der Waals surface area contributed by atoms with Crippen LogP contribution in [0.5, 0.6) is 11.5 Å².